The number of hydrogen-bond donors (Lipinski definition) is 0. The van der Waals surface area contributed by atoms with E-state index in [1.54, 1.807) is 12.1 Å². The van der Waals surface area contributed by atoms with Gasteiger partial charge in [0.1, 0.15) is 5.75 Å². The fourth-order valence-electron chi connectivity index (χ4n) is 3.32. The number of benzene rings is 3. The molecule has 28 heavy (non-hydrogen) atoms. The van der Waals surface area contributed by atoms with Crippen LogP contribution in [-0.2, 0) is 10.0 Å². The predicted octanol–water partition coefficient (Wildman–Crippen LogP) is 4.50. The van der Waals surface area contributed by atoms with Crippen LogP contribution in [-0.4, -0.2) is 31.8 Å². The summed E-state index contributed by atoms with van der Waals surface area (Å²) in [6, 6.07) is 16.6. The summed E-state index contributed by atoms with van der Waals surface area (Å²) in [5.74, 6) is -0.156. The molecule has 0 aliphatic carbocycles. The molecule has 1 aliphatic heterocycles. The van der Waals surface area contributed by atoms with Crippen LogP contribution in [0.5, 0.6) is 5.75 Å². The minimum absolute atomic E-state index is 0.183. The molecule has 4 rings (SSSR count). The van der Waals surface area contributed by atoms with Crippen molar-refractivity contribution in [1.29, 1.82) is 0 Å². The normalized spacial score (nSPS) is 15.0. The van der Waals surface area contributed by atoms with Crippen molar-refractivity contribution in [1.82, 2.24) is 4.31 Å². The average Bonchev–Trinajstić information content (AvgIpc) is 3.26. The lowest BCUT2D eigenvalue weighted by molar-refractivity contribution is 0.0737. The summed E-state index contributed by atoms with van der Waals surface area (Å²) in [7, 11) is -3.51. The summed E-state index contributed by atoms with van der Waals surface area (Å²) in [5.41, 5.74) is 0.277. The molecule has 0 amide bonds. The van der Waals surface area contributed by atoms with Crippen LogP contribution in [0.3, 0.4) is 0 Å². The molecule has 7 heteroatoms. The van der Waals surface area contributed by atoms with Crippen LogP contribution < -0.4 is 4.74 Å². The van der Waals surface area contributed by atoms with E-state index in [9.17, 15) is 13.2 Å². The Bertz CT molecular complexity index is 1140. The van der Waals surface area contributed by atoms with Gasteiger partial charge in [-0.15, -0.1) is 0 Å². The molecule has 1 fully saturated rings. The molecular weight excluding hydrogens is 398 g/mol. The van der Waals surface area contributed by atoms with Crippen LogP contribution in [0.1, 0.15) is 23.2 Å². The summed E-state index contributed by atoms with van der Waals surface area (Å²) in [6.45, 7) is 1.07. The zero-order valence-electron chi connectivity index (χ0n) is 15.0. The molecule has 1 aliphatic rings. The van der Waals surface area contributed by atoms with E-state index in [4.69, 9.17) is 16.3 Å². The van der Waals surface area contributed by atoms with Gasteiger partial charge in [-0.25, -0.2) is 13.2 Å². The summed E-state index contributed by atoms with van der Waals surface area (Å²) in [4.78, 5) is 12.7. The van der Waals surface area contributed by atoms with Gasteiger partial charge in [0, 0.05) is 28.9 Å². The number of carbonyl (C=O) groups is 1. The van der Waals surface area contributed by atoms with Crippen molar-refractivity contribution in [2.45, 2.75) is 17.7 Å². The van der Waals surface area contributed by atoms with E-state index < -0.39 is 16.0 Å². The second kappa shape index (κ2) is 7.54. The molecule has 5 nitrogen and oxygen atoms in total. The highest BCUT2D eigenvalue weighted by Crippen LogP contribution is 2.31. The maximum absolute atomic E-state index is 12.6. The van der Waals surface area contributed by atoms with Crippen molar-refractivity contribution < 1.29 is 17.9 Å². The van der Waals surface area contributed by atoms with Gasteiger partial charge in [0.15, 0.2) is 0 Å². The van der Waals surface area contributed by atoms with Gasteiger partial charge in [-0.05, 0) is 49.2 Å². The molecule has 0 unspecified atom stereocenters. The molecule has 1 saturated heterocycles. The zero-order valence-corrected chi connectivity index (χ0v) is 16.5. The Balaban J connectivity index is 1.57. The first-order valence-corrected chi connectivity index (χ1v) is 10.8. The molecule has 0 saturated carbocycles. The Morgan fingerprint density at radius 2 is 1.54 bits per heavy atom. The predicted molar refractivity (Wildman–Crippen MR) is 108 cm³/mol. The molecule has 0 spiro atoms. The number of ether oxygens (including phenoxy) is 1. The van der Waals surface area contributed by atoms with Crippen LogP contribution in [0.25, 0.3) is 10.8 Å². The minimum Gasteiger partial charge on any atom is -0.422 e. The largest absolute Gasteiger partial charge is 0.422 e. The molecule has 0 bridgehead atoms. The number of rotatable bonds is 4. The Labute approximate surface area is 168 Å². The van der Waals surface area contributed by atoms with Gasteiger partial charge in [-0.1, -0.05) is 35.9 Å². The summed E-state index contributed by atoms with van der Waals surface area (Å²) < 4.78 is 32.2. The van der Waals surface area contributed by atoms with Crippen molar-refractivity contribution in [2.24, 2.45) is 0 Å². The van der Waals surface area contributed by atoms with Crippen LogP contribution in [0.15, 0.2) is 65.6 Å². The first-order chi connectivity index (χ1) is 13.5. The smallest absolute Gasteiger partial charge is 0.343 e. The second-order valence-corrected chi connectivity index (χ2v) is 8.96. The molecule has 144 valence electrons. The number of halogens is 1. The van der Waals surface area contributed by atoms with E-state index in [1.165, 1.54) is 28.6 Å². The fraction of sp³-hybridized carbons (Fsp3) is 0.190. The van der Waals surface area contributed by atoms with E-state index in [-0.39, 0.29) is 10.5 Å². The first kappa shape index (κ1) is 18.9. The van der Waals surface area contributed by atoms with E-state index in [0.717, 1.165) is 23.6 Å². The van der Waals surface area contributed by atoms with E-state index in [0.29, 0.717) is 23.9 Å². The quantitative estimate of drug-likeness (QED) is 0.465. The molecule has 0 radical (unpaired) electrons. The Morgan fingerprint density at radius 3 is 2.21 bits per heavy atom. The van der Waals surface area contributed by atoms with Crippen molar-refractivity contribution in [3.63, 3.8) is 0 Å². The lowest BCUT2D eigenvalue weighted by atomic mass is 10.1. The fourth-order valence-corrected chi connectivity index (χ4v) is 5.07. The van der Waals surface area contributed by atoms with Crippen LogP contribution in [0.4, 0.5) is 0 Å². The molecular formula is C21H18ClNO4S. The number of fused-ring (bicyclic) bond motifs is 1. The van der Waals surface area contributed by atoms with Crippen molar-refractivity contribution in [2.75, 3.05) is 13.1 Å². The van der Waals surface area contributed by atoms with E-state index >= 15 is 0 Å². The number of hydrogen-bond acceptors (Lipinski definition) is 4. The third-order valence-electron chi connectivity index (χ3n) is 4.83. The maximum Gasteiger partial charge on any atom is 0.343 e. The second-order valence-electron chi connectivity index (χ2n) is 6.62. The summed E-state index contributed by atoms with van der Waals surface area (Å²) in [5, 5.41) is 2.10. The van der Waals surface area contributed by atoms with Gasteiger partial charge in [0.2, 0.25) is 10.0 Å². The SMILES string of the molecule is O=C(Oc1ccc(Cl)c2ccccc12)c1ccc(S(=O)(=O)N2CCCC2)cc1. The molecule has 0 aromatic heterocycles. The average molecular weight is 416 g/mol. The highest BCUT2D eigenvalue weighted by atomic mass is 35.5. The molecule has 3 aromatic rings. The third-order valence-corrected chi connectivity index (χ3v) is 7.07. The molecule has 3 aromatic carbocycles. The Hall–Kier alpha value is -2.41. The molecule has 1 heterocycles. The Kier molecular flexibility index (Phi) is 5.10. The number of esters is 1. The molecule has 0 atom stereocenters. The lowest BCUT2D eigenvalue weighted by Crippen LogP contribution is -2.27. The first-order valence-electron chi connectivity index (χ1n) is 8.96. The van der Waals surface area contributed by atoms with Crippen LogP contribution >= 0.6 is 11.6 Å². The van der Waals surface area contributed by atoms with Gasteiger partial charge >= 0.3 is 5.97 Å². The highest BCUT2D eigenvalue weighted by molar-refractivity contribution is 7.89. The lowest BCUT2D eigenvalue weighted by Gasteiger charge is -2.15. The minimum atomic E-state index is -3.51. The van der Waals surface area contributed by atoms with Gasteiger partial charge in [-0.3, -0.25) is 0 Å². The topological polar surface area (TPSA) is 63.7 Å². The Morgan fingerprint density at radius 1 is 0.893 bits per heavy atom. The molecule has 0 N–H and O–H groups in total. The third kappa shape index (κ3) is 3.51. The van der Waals surface area contributed by atoms with Crippen molar-refractivity contribution in [3.05, 3.63) is 71.2 Å². The summed E-state index contributed by atoms with van der Waals surface area (Å²) in [6.07, 6.45) is 1.75. The summed E-state index contributed by atoms with van der Waals surface area (Å²) >= 11 is 6.20. The standard InChI is InChI=1S/C21H18ClNO4S/c22-19-11-12-20(18-6-2-1-5-17(18)19)27-21(24)15-7-9-16(10-8-15)28(25,26)23-13-3-4-14-23/h1-2,5-12H,3-4,13-14H2. The van der Waals surface area contributed by atoms with Gasteiger partial charge in [-0.2, -0.15) is 4.31 Å². The van der Waals surface area contributed by atoms with Crippen molar-refractivity contribution >= 4 is 38.4 Å². The number of carbonyl (C=O) groups excluding carboxylic acids is 1. The van der Waals surface area contributed by atoms with E-state index in [1.807, 2.05) is 24.3 Å². The van der Waals surface area contributed by atoms with Crippen LogP contribution in [0.2, 0.25) is 5.02 Å². The van der Waals surface area contributed by atoms with Gasteiger partial charge in [0.25, 0.3) is 0 Å². The van der Waals surface area contributed by atoms with Crippen LogP contribution in [0, 0.1) is 0 Å². The van der Waals surface area contributed by atoms with Gasteiger partial charge in [0.05, 0.1) is 10.5 Å². The number of sulfonamides is 1. The zero-order chi connectivity index (χ0) is 19.7. The maximum atomic E-state index is 12.6. The monoisotopic (exact) mass is 415 g/mol. The van der Waals surface area contributed by atoms with Gasteiger partial charge < -0.3 is 4.74 Å². The van der Waals surface area contributed by atoms with Crippen molar-refractivity contribution in [3.8, 4) is 5.75 Å². The highest BCUT2D eigenvalue weighted by Gasteiger charge is 2.27. The number of nitrogens with zero attached hydrogens (tertiary/aromatic N) is 1. The van der Waals surface area contributed by atoms with E-state index in [2.05, 4.69) is 0 Å².